The summed E-state index contributed by atoms with van der Waals surface area (Å²) >= 11 is 0. The topological polar surface area (TPSA) is 76.0 Å². The van der Waals surface area contributed by atoms with Crippen LogP contribution in [0.3, 0.4) is 0 Å². The fourth-order valence-electron chi connectivity index (χ4n) is 3.37. The van der Waals surface area contributed by atoms with Crippen LogP contribution in [-0.4, -0.2) is 21.6 Å². The monoisotopic (exact) mass is 374 g/mol. The predicted molar refractivity (Wildman–Crippen MR) is 107 cm³/mol. The number of benzene rings is 2. The van der Waals surface area contributed by atoms with Crippen LogP contribution in [0.2, 0.25) is 0 Å². The fourth-order valence-corrected chi connectivity index (χ4v) is 3.37. The van der Waals surface area contributed by atoms with E-state index in [1.165, 1.54) is 0 Å². The Morgan fingerprint density at radius 3 is 2.86 bits per heavy atom. The SMILES string of the molecule is C[C@@H](NC(=O)c1cnn(Cc2ccccc2)c1)c1ccc2c(c1)CCC(=O)N2. The molecule has 2 aromatic carbocycles. The molecule has 4 rings (SSSR count). The molecule has 0 radical (unpaired) electrons. The fraction of sp³-hybridized carbons (Fsp3) is 0.227. The lowest BCUT2D eigenvalue weighted by molar-refractivity contribution is -0.116. The summed E-state index contributed by atoms with van der Waals surface area (Å²) in [6.45, 7) is 2.58. The maximum atomic E-state index is 12.6. The maximum absolute atomic E-state index is 12.6. The Kier molecular flexibility index (Phi) is 4.93. The van der Waals surface area contributed by atoms with Crippen LogP contribution in [0, 0.1) is 0 Å². The molecule has 1 atom stereocenters. The summed E-state index contributed by atoms with van der Waals surface area (Å²) in [5.74, 6) is -0.105. The Morgan fingerprint density at radius 1 is 1.21 bits per heavy atom. The molecule has 0 bridgehead atoms. The first-order chi connectivity index (χ1) is 13.6. The number of aromatic nitrogens is 2. The molecular weight excluding hydrogens is 352 g/mol. The summed E-state index contributed by atoms with van der Waals surface area (Å²) in [5.41, 5.74) is 4.65. The number of aryl methyl sites for hydroxylation is 1. The van der Waals surface area contributed by atoms with Crippen molar-refractivity contribution in [3.8, 4) is 0 Å². The molecule has 0 aliphatic carbocycles. The van der Waals surface area contributed by atoms with E-state index in [-0.39, 0.29) is 17.9 Å². The number of carbonyl (C=O) groups excluding carboxylic acids is 2. The van der Waals surface area contributed by atoms with Crippen molar-refractivity contribution in [2.45, 2.75) is 32.4 Å². The van der Waals surface area contributed by atoms with Gasteiger partial charge in [-0.05, 0) is 36.1 Å². The van der Waals surface area contributed by atoms with Crippen molar-refractivity contribution in [2.75, 3.05) is 5.32 Å². The van der Waals surface area contributed by atoms with Gasteiger partial charge in [-0.1, -0.05) is 42.5 Å². The van der Waals surface area contributed by atoms with E-state index in [0.29, 0.717) is 18.5 Å². The number of fused-ring (bicyclic) bond motifs is 1. The van der Waals surface area contributed by atoms with Gasteiger partial charge in [-0.15, -0.1) is 0 Å². The average molecular weight is 374 g/mol. The Labute approximate surface area is 163 Å². The molecule has 1 aliphatic heterocycles. The third kappa shape index (κ3) is 3.96. The molecule has 1 aliphatic rings. The van der Waals surface area contributed by atoms with Crippen LogP contribution in [0.15, 0.2) is 60.9 Å². The molecule has 0 saturated carbocycles. The normalized spacial score (nSPS) is 14.1. The van der Waals surface area contributed by atoms with Crippen molar-refractivity contribution < 1.29 is 9.59 Å². The number of carbonyl (C=O) groups is 2. The first-order valence-corrected chi connectivity index (χ1v) is 9.38. The van der Waals surface area contributed by atoms with Crippen molar-refractivity contribution in [2.24, 2.45) is 0 Å². The van der Waals surface area contributed by atoms with E-state index < -0.39 is 0 Å². The van der Waals surface area contributed by atoms with Gasteiger partial charge >= 0.3 is 0 Å². The molecule has 1 aromatic heterocycles. The van der Waals surface area contributed by atoms with Gasteiger partial charge in [-0.2, -0.15) is 5.10 Å². The highest BCUT2D eigenvalue weighted by Gasteiger charge is 2.18. The highest BCUT2D eigenvalue weighted by Crippen LogP contribution is 2.26. The summed E-state index contributed by atoms with van der Waals surface area (Å²) in [6.07, 6.45) is 4.57. The number of nitrogens with one attached hydrogen (secondary N) is 2. The van der Waals surface area contributed by atoms with Crippen molar-refractivity contribution in [3.63, 3.8) is 0 Å². The van der Waals surface area contributed by atoms with E-state index >= 15 is 0 Å². The predicted octanol–water partition coefficient (Wildman–Crippen LogP) is 3.31. The Hall–Kier alpha value is -3.41. The zero-order valence-corrected chi connectivity index (χ0v) is 15.7. The zero-order chi connectivity index (χ0) is 19.5. The summed E-state index contributed by atoms with van der Waals surface area (Å²) in [5, 5.41) is 10.2. The van der Waals surface area contributed by atoms with Crippen LogP contribution < -0.4 is 10.6 Å². The summed E-state index contributed by atoms with van der Waals surface area (Å²) in [7, 11) is 0. The largest absolute Gasteiger partial charge is 0.345 e. The van der Waals surface area contributed by atoms with Crippen LogP contribution in [0.1, 0.15) is 46.4 Å². The Bertz CT molecular complexity index is 1010. The minimum atomic E-state index is -0.155. The lowest BCUT2D eigenvalue weighted by Crippen LogP contribution is -2.27. The van der Waals surface area contributed by atoms with Gasteiger partial charge in [0.15, 0.2) is 0 Å². The minimum absolute atomic E-state index is 0.0501. The second-order valence-electron chi connectivity index (χ2n) is 7.07. The number of rotatable bonds is 5. The molecule has 2 heterocycles. The van der Waals surface area contributed by atoms with Crippen LogP contribution in [0.4, 0.5) is 5.69 Å². The molecule has 0 unspecified atom stereocenters. The molecule has 3 aromatic rings. The van der Waals surface area contributed by atoms with Crippen LogP contribution in [0.25, 0.3) is 0 Å². The first kappa shape index (κ1) is 18.0. The van der Waals surface area contributed by atoms with E-state index in [2.05, 4.69) is 21.8 Å². The molecule has 0 saturated heterocycles. The average Bonchev–Trinajstić information content (AvgIpc) is 3.17. The smallest absolute Gasteiger partial charge is 0.254 e. The van der Waals surface area contributed by atoms with Gasteiger partial charge in [-0.25, -0.2) is 0 Å². The third-order valence-corrected chi connectivity index (χ3v) is 4.96. The number of hydrogen-bond acceptors (Lipinski definition) is 3. The van der Waals surface area contributed by atoms with Crippen molar-refractivity contribution in [1.82, 2.24) is 15.1 Å². The molecule has 142 valence electrons. The quantitative estimate of drug-likeness (QED) is 0.719. The molecule has 0 spiro atoms. The van der Waals surface area contributed by atoms with Crippen molar-refractivity contribution >= 4 is 17.5 Å². The molecule has 0 fully saturated rings. The van der Waals surface area contributed by atoms with Crippen LogP contribution in [0.5, 0.6) is 0 Å². The Balaban J connectivity index is 1.41. The minimum Gasteiger partial charge on any atom is -0.345 e. The van der Waals surface area contributed by atoms with E-state index in [1.54, 1.807) is 17.1 Å². The molecule has 2 amide bonds. The van der Waals surface area contributed by atoms with Crippen molar-refractivity contribution in [3.05, 3.63) is 83.2 Å². The first-order valence-electron chi connectivity index (χ1n) is 9.38. The summed E-state index contributed by atoms with van der Waals surface area (Å²) in [4.78, 5) is 24.1. The number of hydrogen-bond donors (Lipinski definition) is 2. The van der Waals surface area contributed by atoms with E-state index in [9.17, 15) is 9.59 Å². The van der Waals surface area contributed by atoms with Crippen LogP contribution in [-0.2, 0) is 17.8 Å². The summed E-state index contributed by atoms with van der Waals surface area (Å²) in [6, 6.07) is 15.8. The van der Waals surface area contributed by atoms with Gasteiger partial charge in [-0.3, -0.25) is 14.3 Å². The van der Waals surface area contributed by atoms with Gasteiger partial charge in [0.05, 0.1) is 24.3 Å². The number of amides is 2. The maximum Gasteiger partial charge on any atom is 0.254 e. The van der Waals surface area contributed by atoms with Gasteiger partial charge in [0.2, 0.25) is 5.91 Å². The lowest BCUT2D eigenvalue weighted by Gasteiger charge is -2.20. The van der Waals surface area contributed by atoms with Crippen LogP contribution >= 0.6 is 0 Å². The van der Waals surface area contributed by atoms with Gasteiger partial charge in [0.25, 0.3) is 5.91 Å². The number of anilines is 1. The lowest BCUT2D eigenvalue weighted by atomic mass is 9.97. The summed E-state index contributed by atoms with van der Waals surface area (Å²) < 4.78 is 1.76. The molecule has 28 heavy (non-hydrogen) atoms. The van der Waals surface area contributed by atoms with Gasteiger partial charge in [0.1, 0.15) is 0 Å². The number of nitrogens with zero attached hydrogens (tertiary/aromatic N) is 2. The van der Waals surface area contributed by atoms with E-state index in [4.69, 9.17) is 0 Å². The molecule has 6 heteroatoms. The molecule has 2 N–H and O–H groups in total. The van der Waals surface area contributed by atoms with E-state index in [0.717, 1.165) is 28.8 Å². The standard InChI is InChI=1S/C22H22N4O2/c1-15(17-7-9-20-18(11-17)8-10-21(27)25-20)24-22(28)19-12-23-26(14-19)13-16-5-3-2-4-6-16/h2-7,9,11-12,14-15H,8,10,13H2,1H3,(H,24,28)(H,25,27)/t15-/m1/s1. The highest BCUT2D eigenvalue weighted by molar-refractivity contribution is 5.94. The van der Waals surface area contributed by atoms with Crippen molar-refractivity contribution in [1.29, 1.82) is 0 Å². The van der Waals surface area contributed by atoms with Gasteiger partial charge in [0, 0.05) is 18.3 Å². The third-order valence-electron chi connectivity index (χ3n) is 4.96. The second-order valence-corrected chi connectivity index (χ2v) is 7.07. The van der Waals surface area contributed by atoms with Gasteiger partial charge < -0.3 is 10.6 Å². The zero-order valence-electron chi connectivity index (χ0n) is 15.7. The molecule has 6 nitrogen and oxygen atoms in total. The second kappa shape index (κ2) is 7.68. The molecular formula is C22H22N4O2. The van der Waals surface area contributed by atoms with E-state index in [1.807, 2.05) is 49.4 Å². The highest BCUT2D eigenvalue weighted by atomic mass is 16.2. The Morgan fingerprint density at radius 2 is 2.04 bits per heavy atom.